The molecule has 3 heterocycles. The maximum atomic E-state index is 12.1. The van der Waals surface area contributed by atoms with Crippen molar-refractivity contribution in [2.24, 2.45) is 5.73 Å². The lowest BCUT2D eigenvalue weighted by molar-refractivity contribution is 0.0965. The molecule has 3 aliphatic heterocycles. The zero-order valence-corrected chi connectivity index (χ0v) is 19.0. The van der Waals surface area contributed by atoms with Gasteiger partial charge >= 0.3 is 0 Å². The van der Waals surface area contributed by atoms with Crippen molar-refractivity contribution in [3.8, 4) is 11.3 Å². The second kappa shape index (κ2) is 8.41. The van der Waals surface area contributed by atoms with Gasteiger partial charge < -0.3 is 11.1 Å². The molecule has 4 aliphatic rings. The summed E-state index contributed by atoms with van der Waals surface area (Å²) in [6.07, 6.45) is 4.93. The van der Waals surface area contributed by atoms with Gasteiger partial charge in [0, 0.05) is 34.5 Å². The molecule has 0 spiro atoms. The average molecular weight is 453 g/mol. The number of hydrogen-bond acceptors (Lipinski definition) is 5. The van der Waals surface area contributed by atoms with Gasteiger partial charge in [-0.1, -0.05) is 42.8 Å². The zero-order valence-electron chi connectivity index (χ0n) is 17.5. The van der Waals surface area contributed by atoms with E-state index in [0.717, 1.165) is 80.8 Å². The van der Waals surface area contributed by atoms with Crippen LogP contribution in [0.1, 0.15) is 65.8 Å². The number of amides is 1. The molecule has 1 aliphatic carbocycles. The van der Waals surface area contributed by atoms with Crippen molar-refractivity contribution in [1.29, 1.82) is 0 Å². The molecule has 2 unspecified atom stereocenters. The summed E-state index contributed by atoms with van der Waals surface area (Å²) < 4.78 is 0. The number of carbonyl (C=O) groups is 1. The van der Waals surface area contributed by atoms with E-state index < -0.39 is 0 Å². The summed E-state index contributed by atoms with van der Waals surface area (Å²) in [5.74, 6) is 0.262. The molecule has 1 saturated carbocycles. The summed E-state index contributed by atoms with van der Waals surface area (Å²) in [4.78, 5) is 23.0. The highest BCUT2D eigenvalue weighted by atomic mass is 35.5. The minimum absolute atomic E-state index is 0.0114. The number of halogens is 1. The summed E-state index contributed by atoms with van der Waals surface area (Å²) >= 11 is 8.35. The van der Waals surface area contributed by atoms with Gasteiger partial charge in [0.15, 0.2) is 0 Å². The number of hydrogen-bond donors (Lipinski definition) is 2. The second-order valence-electron chi connectivity index (χ2n) is 8.38. The largest absolute Gasteiger partial charge is 0.348 e. The number of rotatable bonds is 4. The predicted octanol–water partition coefficient (Wildman–Crippen LogP) is 5.18. The van der Waals surface area contributed by atoms with E-state index in [1.807, 2.05) is 24.3 Å². The normalized spacial score (nSPS) is 20.7. The van der Waals surface area contributed by atoms with Crippen LogP contribution < -0.4 is 11.1 Å². The number of nitrogens with one attached hydrogen (secondary N) is 1. The Bertz CT molecular complexity index is 1130. The Morgan fingerprint density at radius 2 is 2.10 bits per heavy atom. The van der Waals surface area contributed by atoms with E-state index in [0.29, 0.717) is 6.54 Å². The standard InChI is InChI=1S/C24H25ClN4OS/c1-2-18-22(25)21-19(28-18)8-9-20(29-23(21)13-4-3-5-15(26)10-13)31-16-7-6-14-12-27-24(30)17(14)11-16/h6-9,11,13,15H,2-5,10,12,26H2,1H3,(H,27,30). The van der Waals surface area contributed by atoms with Crippen molar-refractivity contribution in [1.82, 2.24) is 15.3 Å². The van der Waals surface area contributed by atoms with Crippen molar-refractivity contribution < 1.29 is 4.79 Å². The highest BCUT2D eigenvalue weighted by molar-refractivity contribution is 7.99. The van der Waals surface area contributed by atoms with Crippen LogP contribution in [0.2, 0.25) is 5.02 Å². The van der Waals surface area contributed by atoms with Gasteiger partial charge in [0.1, 0.15) is 5.03 Å². The van der Waals surface area contributed by atoms with E-state index in [9.17, 15) is 4.79 Å². The first-order chi connectivity index (χ1) is 15.0. The summed E-state index contributed by atoms with van der Waals surface area (Å²) in [5, 5.41) is 4.47. The summed E-state index contributed by atoms with van der Waals surface area (Å²) in [5.41, 5.74) is 11.9. The van der Waals surface area contributed by atoms with Crippen molar-refractivity contribution >= 4 is 29.3 Å². The second-order valence-corrected chi connectivity index (χ2v) is 9.85. The van der Waals surface area contributed by atoms with Crippen LogP contribution in [0.4, 0.5) is 0 Å². The highest BCUT2D eigenvalue weighted by Crippen LogP contribution is 2.43. The topological polar surface area (TPSA) is 80.9 Å². The van der Waals surface area contributed by atoms with Gasteiger partial charge in [-0.25, -0.2) is 4.98 Å². The number of carbonyl (C=O) groups excluding carboxylic acids is 1. The minimum Gasteiger partial charge on any atom is -0.348 e. The molecule has 7 heteroatoms. The summed E-state index contributed by atoms with van der Waals surface area (Å²) in [7, 11) is 0. The van der Waals surface area contributed by atoms with E-state index in [4.69, 9.17) is 27.3 Å². The SMILES string of the molecule is CCc1nc2ccc(Sc3ccc4c(c3)C(=O)NC4)nc(C3CCCC(N)C3)c-2c1Cl. The molecule has 1 fully saturated rings. The van der Waals surface area contributed by atoms with Crippen LogP contribution in [-0.2, 0) is 13.0 Å². The van der Waals surface area contributed by atoms with E-state index in [1.165, 1.54) is 0 Å². The molecular formula is C24H25ClN4OS. The van der Waals surface area contributed by atoms with Crippen LogP contribution in [0.3, 0.4) is 0 Å². The molecular weight excluding hydrogens is 428 g/mol. The van der Waals surface area contributed by atoms with E-state index in [1.54, 1.807) is 11.8 Å². The molecule has 5 nitrogen and oxygen atoms in total. The molecule has 1 amide bonds. The van der Waals surface area contributed by atoms with Gasteiger partial charge in [0.05, 0.1) is 22.1 Å². The first-order valence-electron chi connectivity index (χ1n) is 10.9. The van der Waals surface area contributed by atoms with Crippen LogP contribution in [0.25, 0.3) is 11.3 Å². The van der Waals surface area contributed by atoms with Gasteiger partial charge in [-0.2, -0.15) is 0 Å². The van der Waals surface area contributed by atoms with Crippen LogP contribution >= 0.6 is 23.4 Å². The predicted molar refractivity (Wildman–Crippen MR) is 124 cm³/mol. The molecule has 160 valence electrons. The maximum absolute atomic E-state index is 12.1. The van der Waals surface area contributed by atoms with E-state index in [2.05, 4.69) is 18.3 Å². The van der Waals surface area contributed by atoms with Gasteiger partial charge in [0.2, 0.25) is 0 Å². The fraction of sp³-hybridized carbons (Fsp3) is 0.375. The summed E-state index contributed by atoms with van der Waals surface area (Å²) in [6, 6.07) is 10.2. The van der Waals surface area contributed by atoms with Crippen molar-refractivity contribution in [2.75, 3.05) is 0 Å². The lowest BCUT2D eigenvalue weighted by Crippen LogP contribution is -2.27. The third-order valence-corrected chi connectivity index (χ3v) is 7.61. The number of nitrogens with two attached hydrogens (primary N) is 1. The van der Waals surface area contributed by atoms with Crippen LogP contribution in [-0.4, -0.2) is 21.9 Å². The van der Waals surface area contributed by atoms with Crippen molar-refractivity contribution in [2.45, 2.75) is 67.5 Å². The number of aromatic nitrogens is 2. The minimum atomic E-state index is -0.0114. The Kier molecular flexibility index (Phi) is 5.63. The van der Waals surface area contributed by atoms with Crippen LogP contribution in [0.15, 0.2) is 40.3 Å². The number of nitrogens with zero attached hydrogens (tertiary/aromatic N) is 2. The first-order valence-corrected chi connectivity index (χ1v) is 12.1. The molecule has 3 N–H and O–H groups in total. The quantitative estimate of drug-likeness (QED) is 0.570. The summed E-state index contributed by atoms with van der Waals surface area (Å²) in [6.45, 7) is 2.67. The molecule has 0 saturated heterocycles. The Morgan fingerprint density at radius 1 is 1.23 bits per heavy atom. The smallest absolute Gasteiger partial charge is 0.251 e. The van der Waals surface area contributed by atoms with Gasteiger partial charge in [-0.05, 0) is 55.5 Å². The molecule has 1 aromatic carbocycles. The number of benzene rings is 1. The fourth-order valence-electron chi connectivity index (χ4n) is 4.67. The number of fused-ring (bicyclic) bond motifs is 2. The monoisotopic (exact) mass is 452 g/mol. The van der Waals surface area contributed by atoms with Gasteiger partial charge in [-0.15, -0.1) is 0 Å². The third-order valence-electron chi connectivity index (χ3n) is 6.28. The Hall–Kier alpha value is -2.15. The zero-order chi connectivity index (χ0) is 21.5. The Labute approximate surface area is 191 Å². The lowest BCUT2D eigenvalue weighted by atomic mass is 9.82. The fourth-order valence-corrected chi connectivity index (χ4v) is 5.88. The Balaban J connectivity index is 1.58. The number of aryl methyl sites for hydroxylation is 1. The molecule has 0 radical (unpaired) electrons. The third kappa shape index (κ3) is 3.93. The van der Waals surface area contributed by atoms with Gasteiger partial charge in [0.25, 0.3) is 5.91 Å². The molecule has 0 aromatic heterocycles. The highest BCUT2D eigenvalue weighted by Gasteiger charge is 2.29. The van der Waals surface area contributed by atoms with Crippen LogP contribution in [0, 0.1) is 0 Å². The van der Waals surface area contributed by atoms with Crippen molar-refractivity contribution in [3.05, 3.63) is 57.9 Å². The van der Waals surface area contributed by atoms with Gasteiger partial charge in [-0.3, -0.25) is 9.78 Å². The molecule has 0 bridgehead atoms. The molecule has 2 atom stereocenters. The molecule has 5 rings (SSSR count). The maximum Gasteiger partial charge on any atom is 0.251 e. The molecule has 31 heavy (non-hydrogen) atoms. The van der Waals surface area contributed by atoms with E-state index in [-0.39, 0.29) is 17.9 Å². The van der Waals surface area contributed by atoms with Crippen LogP contribution in [0.5, 0.6) is 0 Å². The Morgan fingerprint density at radius 3 is 2.90 bits per heavy atom. The van der Waals surface area contributed by atoms with E-state index >= 15 is 0 Å². The first kappa shape index (κ1) is 20.7. The molecule has 1 aromatic rings. The van der Waals surface area contributed by atoms with Crippen molar-refractivity contribution in [3.63, 3.8) is 0 Å². The lowest BCUT2D eigenvalue weighted by Gasteiger charge is -2.27. The average Bonchev–Trinajstić information content (AvgIpc) is 3.22.